The zero-order chi connectivity index (χ0) is 18.0. The Bertz CT molecular complexity index is 881. The fourth-order valence-corrected chi connectivity index (χ4v) is 2.77. The smallest absolute Gasteiger partial charge is 0.225 e. The van der Waals surface area contributed by atoms with E-state index in [0.29, 0.717) is 22.8 Å². The SMILES string of the molecule is Cc1noc(C)c1CC(=O)N[C@H](c1cccc(F)c1)c1nccn1C. The molecule has 3 rings (SSSR count). The maximum Gasteiger partial charge on any atom is 0.225 e. The summed E-state index contributed by atoms with van der Waals surface area (Å²) in [7, 11) is 1.83. The van der Waals surface area contributed by atoms with Crippen molar-refractivity contribution < 1.29 is 13.7 Å². The first kappa shape index (κ1) is 16.9. The van der Waals surface area contributed by atoms with Crippen LogP contribution in [-0.2, 0) is 18.3 Å². The first-order valence-corrected chi connectivity index (χ1v) is 7.89. The van der Waals surface area contributed by atoms with Crippen LogP contribution in [0.2, 0.25) is 0 Å². The van der Waals surface area contributed by atoms with Crippen LogP contribution in [0, 0.1) is 19.7 Å². The number of aryl methyl sites for hydroxylation is 3. The summed E-state index contributed by atoms with van der Waals surface area (Å²) in [5.74, 6) is 0.660. The summed E-state index contributed by atoms with van der Waals surface area (Å²) in [4.78, 5) is 16.9. The molecule has 6 nitrogen and oxygen atoms in total. The molecule has 2 heterocycles. The number of imidazole rings is 1. The Morgan fingerprint density at radius 1 is 1.40 bits per heavy atom. The van der Waals surface area contributed by atoms with Crippen LogP contribution < -0.4 is 5.32 Å². The van der Waals surface area contributed by atoms with Crippen molar-refractivity contribution in [3.05, 3.63) is 70.9 Å². The monoisotopic (exact) mass is 342 g/mol. The van der Waals surface area contributed by atoms with E-state index in [2.05, 4.69) is 15.5 Å². The molecule has 1 aromatic carbocycles. The number of amides is 1. The van der Waals surface area contributed by atoms with Gasteiger partial charge in [0.05, 0.1) is 12.1 Å². The van der Waals surface area contributed by atoms with Crippen LogP contribution in [0.25, 0.3) is 0 Å². The molecule has 1 amide bonds. The molecule has 3 aromatic rings. The lowest BCUT2D eigenvalue weighted by atomic mass is 10.0. The number of nitrogens with one attached hydrogen (secondary N) is 1. The van der Waals surface area contributed by atoms with Gasteiger partial charge in [-0.25, -0.2) is 9.37 Å². The molecular formula is C18H19FN4O2. The summed E-state index contributed by atoms with van der Waals surface area (Å²) in [6.07, 6.45) is 3.56. The minimum absolute atomic E-state index is 0.136. The number of aromatic nitrogens is 3. The molecule has 0 bridgehead atoms. The molecule has 1 atom stereocenters. The van der Waals surface area contributed by atoms with Gasteiger partial charge in [-0.15, -0.1) is 0 Å². The normalized spacial score (nSPS) is 12.2. The molecule has 25 heavy (non-hydrogen) atoms. The maximum atomic E-state index is 13.7. The average molecular weight is 342 g/mol. The van der Waals surface area contributed by atoms with Crippen LogP contribution in [0.4, 0.5) is 4.39 Å². The minimum Gasteiger partial charge on any atom is -0.361 e. The van der Waals surface area contributed by atoms with Gasteiger partial charge in [-0.2, -0.15) is 0 Å². The van der Waals surface area contributed by atoms with Crippen molar-refractivity contribution in [3.8, 4) is 0 Å². The second-order valence-corrected chi connectivity index (χ2v) is 5.93. The first-order valence-electron chi connectivity index (χ1n) is 7.89. The third kappa shape index (κ3) is 3.60. The van der Waals surface area contributed by atoms with Gasteiger partial charge in [0.1, 0.15) is 23.4 Å². The van der Waals surface area contributed by atoms with Gasteiger partial charge in [0.2, 0.25) is 5.91 Å². The van der Waals surface area contributed by atoms with Gasteiger partial charge in [-0.3, -0.25) is 4.79 Å². The Kier molecular flexibility index (Phi) is 4.65. The van der Waals surface area contributed by atoms with Crippen LogP contribution in [0.15, 0.2) is 41.2 Å². The summed E-state index contributed by atoms with van der Waals surface area (Å²) < 4.78 is 20.6. The van der Waals surface area contributed by atoms with Crippen LogP contribution in [0.1, 0.15) is 34.4 Å². The molecular weight excluding hydrogens is 323 g/mol. The Balaban J connectivity index is 1.88. The van der Waals surface area contributed by atoms with Gasteiger partial charge >= 0.3 is 0 Å². The molecule has 0 unspecified atom stereocenters. The van der Waals surface area contributed by atoms with Crippen molar-refractivity contribution in [1.29, 1.82) is 0 Å². The molecule has 1 N–H and O–H groups in total. The van der Waals surface area contributed by atoms with Crippen molar-refractivity contribution in [1.82, 2.24) is 20.0 Å². The van der Waals surface area contributed by atoms with Crippen molar-refractivity contribution in [2.24, 2.45) is 7.05 Å². The van der Waals surface area contributed by atoms with E-state index in [1.54, 1.807) is 42.9 Å². The summed E-state index contributed by atoms with van der Waals surface area (Å²) in [6.45, 7) is 3.56. The lowest BCUT2D eigenvalue weighted by Gasteiger charge is -2.19. The number of halogens is 1. The molecule has 0 saturated heterocycles. The summed E-state index contributed by atoms with van der Waals surface area (Å²) in [5.41, 5.74) is 2.07. The summed E-state index contributed by atoms with van der Waals surface area (Å²) >= 11 is 0. The van der Waals surface area contributed by atoms with Gasteiger partial charge in [-0.1, -0.05) is 17.3 Å². The fraction of sp³-hybridized carbons (Fsp3) is 0.278. The quantitative estimate of drug-likeness (QED) is 0.773. The van der Waals surface area contributed by atoms with E-state index in [-0.39, 0.29) is 18.1 Å². The van der Waals surface area contributed by atoms with E-state index >= 15 is 0 Å². The van der Waals surface area contributed by atoms with E-state index in [1.807, 2.05) is 7.05 Å². The number of hydrogen-bond acceptors (Lipinski definition) is 4. The number of rotatable bonds is 5. The number of benzene rings is 1. The Labute approximate surface area is 144 Å². The van der Waals surface area contributed by atoms with Gasteiger partial charge in [0.15, 0.2) is 0 Å². The lowest BCUT2D eigenvalue weighted by molar-refractivity contribution is -0.121. The van der Waals surface area contributed by atoms with Crippen molar-refractivity contribution >= 4 is 5.91 Å². The Hall–Kier alpha value is -2.96. The standard InChI is InChI=1S/C18H19FN4O2/c1-11-15(12(2)25-22-11)10-16(24)21-17(18-20-7-8-23(18)3)13-5-4-6-14(19)9-13/h4-9,17H,10H2,1-3H3,(H,21,24)/t17-/m1/s1. The number of hydrogen-bond donors (Lipinski definition) is 1. The largest absolute Gasteiger partial charge is 0.361 e. The molecule has 0 fully saturated rings. The van der Waals surface area contributed by atoms with Crippen molar-refractivity contribution in [2.75, 3.05) is 0 Å². The Morgan fingerprint density at radius 2 is 2.20 bits per heavy atom. The molecule has 0 saturated carbocycles. The summed E-state index contributed by atoms with van der Waals surface area (Å²) in [6, 6.07) is 5.59. The van der Waals surface area contributed by atoms with E-state index in [9.17, 15) is 9.18 Å². The predicted molar refractivity (Wildman–Crippen MR) is 89.3 cm³/mol. The van der Waals surface area contributed by atoms with Gasteiger partial charge in [0, 0.05) is 25.0 Å². The van der Waals surface area contributed by atoms with Crippen LogP contribution in [-0.4, -0.2) is 20.6 Å². The van der Waals surface area contributed by atoms with Crippen molar-refractivity contribution in [3.63, 3.8) is 0 Å². The minimum atomic E-state index is -0.552. The van der Waals surface area contributed by atoms with E-state index in [4.69, 9.17) is 4.52 Å². The number of carbonyl (C=O) groups excluding carboxylic acids is 1. The zero-order valence-corrected chi connectivity index (χ0v) is 14.3. The highest BCUT2D eigenvalue weighted by atomic mass is 19.1. The van der Waals surface area contributed by atoms with E-state index < -0.39 is 6.04 Å². The molecule has 0 aliphatic carbocycles. The highest BCUT2D eigenvalue weighted by Gasteiger charge is 2.22. The average Bonchev–Trinajstić information content (AvgIpc) is 3.13. The molecule has 0 aliphatic rings. The molecule has 130 valence electrons. The fourth-order valence-electron chi connectivity index (χ4n) is 2.77. The second kappa shape index (κ2) is 6.88. The van der Waals surface area contributed by atoms with Crippen LogP contribution >= 0.6 is 0 Å². The van der Waals surface area contributed by atoms with Gasteiger partial charge in [-0.05, 0) is 31.5 Å². The Morgan fingerprint density at radius 3 is 2.80 bits per heavy atom. The molecule has 0 spiro atoms. The van der Waals surface area contributed by atoms with Crippen LogP contribution in [0.3, 0.4) is 0 Å². The molecule has 0 aliphatic heterocycles. The van der Waals surface area contributed by atoms with Gasteiger partial charge in [0.25, 0.3) is 0 Å². The van der Waals surface area contributed by atoms with Gasteiger partial charge < -0.3 is 14.4 Å². The summed E-state index contributed by atoms with van der Waals surface area (Å²) in [5, 5.41) is 6.80. The van der Waals surface area contributed by atoms with E-state index in [1.165, 1.54) is 12.1 Å². The highest BCUT2D eigenvalue weighted by molar-refractivity contribution is 5.79. The molecule has 2 aromatic heterocycles. The molecule has 7 heteroatoms. The third-order valence-electron chi connectivity index (χ3n) is 4.12. The van der Waals surface area contributed by atoms with E-state index in [0.717, 1.165) is 5.56 Å². The third-order valence-corrected chi connectivity index (χ3v) is 4.12. The topological polar surface area (TPSA) is 73.0 Å². The second-order valence-electron chi connectivity index (χ2n) is 5.93. The predicted octanol–water partition coefficient (Wildman–Crippen LogP) is 2.61. The maximum absolute atomic E-state index is 13.7. The lowest BCUT2D eigenvalue weighted by Crippen LogP contribution is -2.32. The highest BCUT2D eigenvalue weighted by Crippen LogP contribution is 2.22. The van der Waals surface area contributed by atoms with Crippen LogP contribution in [0.5, 0.6) is 0 Å². The first-order chi connectivity index (χ1) is 12.0. The number of nitrogens with zero attached hydrogens (tertiary/aromatic N) is 3. The number of carbonyl (C=O) groups is 1. The zero-order valence-electron chi connectivity index (χ0n) is 14.3. The molecule has 0 radical (unpaired) electrons. The van der Waals surface area contributed by atoms with Crippen molar-refractivity contribution in [2.45, 2.75) is 26.3 Å².